The van der Waals surface area contributed by atoms with E-state index >= 15 is 0 Å². The number of anilines is 1. The fraction of sp³-hybridized carbons (Fsp3) is 0.192. The molecule has 4 rings (SSSR count). The highest BCUT2D eigenvalue weighted by atomic mass is 79.9. The van der Waals surface area contributed by atoms with Gasteiger partial charge in [-0.15, -0.1) is 0 Å². The van der Waals surface area contributed by atoms with E-state index in [2.05, 4.69) is 38.7 Å². The zero-order chi connectivity index (χ0) is 24.2. The number of benzene rings is 3. The van der Waals surface area contributed by atoms with E-state index < -0.39 is 24.0 Å². The summed E-state index contributed by atoms with van der Waals surface area (Å²) in [5.74, 6) is -1.66. The highest BCUT2D eigenvalue weighted by Crippen LogP contribution is 2.44. The second-order valence-electron chi connectivity index (χ2n) is 7.95. The molecule has 8 heteroatoms. The van der Waals surface area contributed by atoms with Crippen LogP contribution in [0.5, 0.6) is 0 Å². The van der Waals surface area contributed by atoms with E-state index in [1.54, 1.807) is 13.0 Å². The van der Waals surface area contributed by atoms with Crippen molar-refractivity contribution in [2.24, 2.45) is 0 Å². The first kappa shape index (κ1) is 23.5. The van der Waals surface area contributed by atoms with Crippen LogP contribution in [0, 0.1) is 0 Å². The maximum atomic E-state index is 12.7. The number of hydrogen-bond acceptors (Lipinski definition) is 4. The normalized spacial score (nSPS) is 12.9. The number of hydrogen-bond donors (Lipinski definition) is 3. The number of carbonyl (C=O) groups excluding carboxylic acids is 2. The van der Waals surface area contributed by atoms with Gasteiger partial charge in [-0.2, -0.15) is 0 Å². The number of ether oxygens (including phenoxy) is 1. The minimum absolute atomic E-state index is 0.0298. The van der Waals surface area contributed by atoms with Crippen LogP contribution in [0.15, 0.2) is 71.2 Å². The Morgan fingerprint density at radius 2 is 1.62 bits per heavy atom. The van der Waals surface area contributed by atoms with Gasteiger partial charge in [0.25, 0.3) is 0 Å². The molecule has 0 aromatic heterocycles. The predicted molar refractivity (Wildman–Crippen MR) is 132 cm³/mol. The van der Waals surface area contributed by atoms with Crippen LogP contribution in [0.25, 0.3) is 11.1 Å². The average molecular weight is 523 g/mol. The van der Waals surface area contributed by atoms with Gasteiger partial charge in [-0.25, -0.2) is 9.59 Å². The van der Waals surface area contributed by atoms with Crippen molar-refractivity contribution in [3.8, 4) is 11.1 Å². The lowest BCUT2D eigenvalue weighted by atomic mass is 9.98. The lowest BCUT2D eigenvalue weighted by molar-refractivity contribution is -0.118. The summed E-state index contributed by atoms with van der Waals surface area (Å²) >= 11 is 3.24. The maximum absolute atomic E-state index is 12.7. The Kier molecular flexibility index (Phi) is 6.98. The van der Waals surface area contributed by atoms with Gasteiger partial charge in [-0.1, -0.05) is 71.4 Å². The van der Waals surface area contributed by atoms with Crippen molar-refractivity contribution >= 4 is 39.6 Å². The Bertz CT molecular complexity index is 1210. The smallest absolute Gasteiger partial charge is 0.407 e. The molecule has 7 nitrogen and oxygen atoms in total. The molecular formula is C26H23BrN2O5. The summed E-state index contributed by atoms with van der Waals surface area (Å²) in [6.45, 7) is 1.91. The molecule has 3 aromatic carbocycles. The molecular weight excluding hydrogens is 500 g/mol. The maximum Gasteiger partial charge on any atom is 0.407 e. The van der Waals surface area contributed by atoms with E-state index in [4.69, 9.17) is 4.74 Å². The summed E-state index contributed by atoms with van der Waals surface area (Å²) < 4.78 is 6.04. The average Bonchev–Trinajstić information content (AvgIpc) is 3.14. The molecule has 3 N–H and O–H groups in total. The summed E-state index contributed by atoms with van der Waals surface area (Å²) in [6.07, 6.45) is -0.361. The van der Waals surface area contributed by atoms with E-state index in [1.165, 1.54) is 12.1 Å². The molecule has 3 aromatic rings. The molecule has 0 heterocycles. The number of nitrogens with one attached hydrogen (secondary N) is 2. The van der Waals surface area contributed by atoms with Crippen LogP contribution in [0.2, 0.25) is 0 Å². The molecule has 1 aliphatic carbocycles. The Balaban J connectivity index is 1.40. The van der Waals surface area contributed by atoms with Crippen molar-refractivity contribution in [2.75, 3.05) is 11.9 Å². The van der Waals surface area contributed by atoms with Gasteiger partial charge in [0.1, 0.15) is 12.6 Å². The lowest BCUT2D eigenvalue weighted by Crippen LogP contribution is -2.43. The molecule has 2 amide bonds. The predicted octanol–water partition coefficient (Wildman–Crippen LogP) is 5.40. The number of carboxylic acids is 1. The van der Waals surface area contributed by atoms with Crippen LogP contribution in [0.1, 0.15) is 40.7 Å². The number of alkyl carbamates (subject to hydrolysis) is 1. The minimum atomic E-state index is -1.11. The van der Waals surface area contributed by atoms with Crippen LogP contribution in [0.3, 0.4) is 0 Å². The fourth-order valence-corrected chi connectivity index (χ4v) is 4.64. The first-order valence-electron chi connectivity index (χ1n) is 10.8. The number of carbonyl (C=O) groups is 3. The van der Waals surface area contributed by atoms with E-state index in [-0.39, 0.29) is 18.1 Å². The lowest BCUT2D eigenvalue weighted by Gasteiger charge is -2.19. The largest absolute Gasteiger partial charge is 0.478 e. The van der Waals surface area contributed by atoms with Crippen LogP contribution in [-0.4, -0.2) is 35.7 Å². The van der Waals surface area contributed by atoms with Crippen LogP contribution < -0.4 is 10.6 Å². The number of carboxylic acid groups (broad SMARTS) is 1. The molecule has 1 aliphatic rings. The van der Waals surface area contributed by atoms with Gasteiger partial charge >= 0.3 is 12.1 Å². The minimum Gasteiger partial charge on any atom is -0.478 e. The van der Waals surface area contributed by atoms with Crippen molar-refractivity contribution in [2.45, 2.75) is 25.3 Å². The zero-order valence-corrected chi connectivity index (χ0v) is 20.0. The third-order valence-corrected chi connectivity index (χ3v) is 6.23. The zero-order valence-electron chi connectivity index (χ0n) is 18.4. The van der Waals surface area contributed by atoms with Gasteiger partial charge in [0.05, 0.1) is 5.56 Å². The second kappa shape index (κ2) is 10.1. The van der Waals surface area contributed by atoms with Gasteiger partial charge in [0, 0.05) is 16.1 Å². The molecule has 0 radical (unpaired) electrons. The molecule has 0 aliphatic heterocycles. The number of fused-ring (bicyclic) bond motifs is 3. The Labute approximate surface area is 205 Å². The first-order chi connectivity index (χ1) is 16.4. The van der Waals surface area contributed by atoms with E-state index in [9.17, 15) is 19.5 Å². The topological polar surface area (TPSA) is 105 Å². The third kappa shape index (κ3) is 4.97. The molecule has 34 heavy (non-hydrogen) atoms. The summed E-state index contributed by atoms with van der Waals surface area (Å²) in [7, 11) is 0. The van der Waals surface area contributed by atoms with Gasteiger partial charge in [-0.3, -0.25) is 4.79 Å². The monoisotopic (exact) mass is 522 g/mol. The number of amides is 2. The molecule has 0 bridgehead atoms. The van der Waals surface area contributed by atoms with Crippen molar-refractivity contribution in [3.05, 3.63) is 87.9 Å². The van der Waals surface area contributed by atoms with Gasteiger partial charge in [-0.05, 0) is 46.9 Å². The molecule has 1 atom stereocenters. The summed E-state index contributed by atoms with van der Waals surface area (Å²) in [6, 6.07) is 19.6. The Hall–Kier alpha value is -3.65. The molecule has 174 valence electrons. The number of halogens is 1. The quantitative estimate of drug-likeness (QED) is 0.385. The highest BCUT2D eigenvalue weighted by molar-refractivity contribution is 9.10. The molecule has 0 spiro atoms. The second-order valence-corrected chi connectivity index (χ2v) is 8.87. The van der Waals surface area contributed by atoms with E-state index in [0.717, 1.165) is 22.3 Å². The van der Waals surface area contributed by atoms with Crippen LogP contribution in [0.4, 0.5) is 10.5 Å². The Morgan fingerprint density at radius 3 is 2.21 bits per heavy atom. The molecule has 0 saturated heterocycles. The fourth-order valence-electron chi connectivity index (χ4n) is 4.15. The van der Waals surface area contributed by atoms with Crippen molar-refractivity contribution in [1.82, 2.24) is 5.32 Å². The van der Waals surface area contributed by atoms with Gasteiger partial charge in [0.2, 0.25) is 5.91 Å². The number of aromatic carboxylic acids is 1. The van der Waals surface area contributed by atoms with Gasteiger partial charge in [0.15, 0.2) is 0 Å². The summed E-state index contributed by atoms with van der Waals surface area (Å²) in [5.41, 5.74) is 4.81. The van der Waals surface area contributed by atoms with E-state index in [0.29, 0.717) is 16.6 Å². The van der Waals surface area contributed by atoms with Crippen molar-refractivity contribution in [1.29, 1.82) is 0 Å². The third-order valence-electron chi connectivity index (χ3n) is 5.77. The number of rotatable bonds is 7. The molecule has 0 fully saturated rings. The molecule has 0 unspecified atom stereocenters. The van der Waals surface area contributed by atoms with Gasteiger partial charge < -0.3 is 20.5 Å². The van der Waals surface area contributed by atoms with Crippen molar-refractivity contribution in [3.63, 3.8) is 0 Å². The molecule has 0 saturated carbocycles. The standard InChI is InChI=1S/C26H23BrN2O5/c1-2-23(24(30)28-17-12-15(25(31)32)11-16(27)13-17)29-26(33)34-14-22-20-9-5-3-7-18(20)19-8-4-6-10-21(19)22/h3-13,22-23H,2,14H2,1H3,(H,28,30)(H,29,33)(H,31,32)/t23-/m1/s1. The van der Waals surface area contributed by atoms with E-state index in [1.807, 2.05) is 36.4 Å². The van der Waals surface area contributed by atoms with Crippen molar-refractivity contribution < 1.29 is 24.2 Å². The highest BCUT2D eigenvalue weighted by Gasteiger charge is 2.29. The summed E-state index contributed by atoms with van der Waals surface area (Å²) in [4.78, 5) is 36.5. The van der Waals surface area contributed by atoms with Crippen LogP contribution >= 0.6 is 15.9 Å². The SMILES string of the molecule is CC[C@@H](NC(=O)OCC1c2ccccc2-c2ccccc21)C(=O)Nc1cc(Br)cc(C(=O)O)c1. The Morgan fingerprint density at radius 1 is 1.00 bits per heavy atom. The van der Waals surface area contributed by atoms with Crippen LogP contribution in [-0.2, 0) is 9.53 Å². The first-order valence-corrected chi connectivity index (χ1v) is 11.6. The summed E-state index contributed by atoms with van der Waals surface area (Å²) in [5, 5.41) is 14.5.